The number of benzene rings is 2. The van der Waals surface area contributed by atoms with E-state index in [-0.39, 0.29) is 5.92 Å². The lowest BCUT2D eigenvalue weighted by molar-refractivity contribution is 0.112. The average molecular weight is 392 g/mol. The van der Waals surface area contributed by atoms with Crippen LogP contribution in [0.5, 0.6) is 5.75 Å². The molecule has 3 heterocycles. The predicted octanol–water partition coefficient (Wildman–Crippen LogP) is 3.78. The molecule has 2 atom stereocenters. The molecule has 150 valence electrons. The zero-order valence-electron chi connectivity index (χ0n) is 16.4. The highest BCUT2D eigenvalue weighted by Gasteiger charge is 2.44. The lowest BCUT2D eigenvalue weighted by atomic mass is 9.86. The maximum absolute atomic E-state index is 11.7. The van der Waals surface area contributed by atoms with E-state index in [4.69, 9.17) is 4.74 Å². The third kappa shape index (κ3) is 2.77. The molecule has 5 rings (SSSR count). The summed E-state index contributed by atoms with van der Waals surface area (Å²) in [6.45, 7) is 2.17. The summed E-state index contributed by atoms with van der Waals surface area (Å²) in [4.78, 5) is 27.4. The van der Waals surface area contributed by atoms with Gasteiger partial charge in [-0.25, -0.2) is 4.79 Å². The first-order valence-electron chi connectivity index (χ1n) is 10.2. The van der Waals surface area contributed by atoms with Gasteiger partial charge in [-0.15, -0.1) is 0 Å². The maximum atomic E-state index is 11.7. The Kier molecular flexibility index (Phi) is 4.23. The minimum atomic E-state index is -0.840. The molecule has 3 aliphatic heterocycles. The molecule has 3 aliphatic rings. The standard InChI is InChI=1S/C23H24N2O4/c1-29-17-4-5-18(16(10-17)13-26)15-9-14-3-2-7-25-21-6-8-24(23(27)28)12-20(21)19(11-15)22(14)25/h4-5,9-11,13,20-21H,2-3,6-8,12H2,1H3,(H,27,28)/t20-,21-/m0/s1. The molecule has 0 aromatic heterocycles. The number of piperidine rings is 1. The molecule has 1 saturated heterocycles. The first-order valence-corrected chi connectivity index (χ1v) is 10.2. The van der Waals surface area contributed by atoms with Crippen molar-refractivity contribution < 1.29 is 19.4 Å². The minimum absolute atomic E-state index is 0.185. The average Bonchev–Trinajstić information content (AvgIpc) is 3.08. The molecule has 0 bridgehead atoms. The Bertz CT molecular complexity index is 1000. The Labute approximate surface area is 169 Å². The second-order valence-corrected chi connectivity index (χ2v) is 8.13. The van der Waals surface area contributed by atoms with Gasteiger partial charge in [0.2, 0.25) is 0 Å². The molecule has 2 aromatic carbocycles. The summed E-state index contributed by atoms with van der Waals surface area (Å²) in [6, 6.07) is 10.4. The summed E-state index contributed by atoms with van der Waals surface area (Å²) in [5.74, 6) is 0.846. The number of nitrogens with zero attached hydrogens (tertiary/aromatic N) is 2. The Balaban J connectivity index is 1.63. The zero-order valence-corrected chi connectivity index (χ0v) is 16.4. The Hall–Kier alpha value is -3.02. The molecule has 6 nitrogen and oxygen atoms in total. The first kappa shape index (κ1) is 18.0. The minimum Gasteiger partial charge on any atom is -0.497 e. The summed E-state index contributed by atoms with van der Waals surface area (Å²) in [5.41, 5.74) is 6.39. The number of aldehydes is 1. The van der Waals surface area contributed by atoms with Crippen LogP contribution in [-0.2, 0) is 6.42 Å². The molecule has 6 heteroatoms. The van der Waals surface area contributed by atoms with Crippen LogP contribution in [0.15, 0.2) is 30.3 Å². The highest BCUT2D eigenvalue weighted by atomic mass is 16.5. The molecule has 0 radical (unpaired) electrons. The van der Waals surface area contributed by atoms with E-state index in [1.807, 2.05) is 12.1 Å². The summed E-state index contributed by atoms with van der Waals surface area (Å²) in [6.07, 6.45) is 3.01. The lowest BCUT2D eigenvalue weighted by Gasteiger charge is -2.39. The number of carboxylic acid groups (broad SMARTS) is 1. The summed E-state index contributed by atoms with van der Waals surface area (Å²) in [5, 5.41) is 9.51. The monoisotopic (exact) mass is 392 g/mol. The van der Waals surface area contributed by atoms with Gasteiger partial charge in [-0.05, 0) is 71.8 Å². The van der Waals surface area contributed by atoms with Crippen LogP contribution in [0, 0.1) is 0 Å². The Morgan fingerprint density at radius 2 is 2.10 bits per heavy atom. The molecule has 0 spiro atoms. The topological polar surface area (TPSA) is 70.1 Å². The number of hydrogen-bond acceptors (Lipinski definition) is 4. The zero-order chi connectivity index (χ0) is 20.1. The Morgan fingerprint density at radius 1 is 1.24 bits per heavy atom. The van der Waals surface area contributed by atoms with Crippen LogP contribution in [0.3, 0.4) is 0 Å². The van der Waals surface area contributed by atoms with E-state index in [2.05, 4.69) is 17.0 Å². The number of rotatable bonds is 3. The number of carbonyl (C=O) groups is 2. The molecule has 29 heavy (non-hydrogen) atoms. The van der Waals surface area contributed by atoms with Crippen molar-refractivity contribution in [2.45, 2.75) is 31.2 Å². The van der Waals surface area contributed by atoms with E-state index in [1.165, 1.54) is 16.8 Å². The van der Waals surface area contributed by atoms with E-state index in [0.717, 1.165) is 43.2 Å². The van der Waals surface area contributed by atoms with Crippen molar-refractivity contribution in [2.24, 2.45) is 0 Å². The predicted molar refractivity (Wildman–Crippen MR) is 110 cm³/mol. The Morgan fingerprint density at radius 3 is 2.86 bits per heavy atom. The van der Waals surface area contributed by atoms with Crippen LogP contribution in [0.4, 0.5) is 10.5 Å². The van der Waals surface area contributed by atoms with Gasteiger partial charge >= 0.3 is 6.09 Å². The van der Waals surface area contributed by atoms with Crippen molar-refractivity contribution in [2.75, 3.05) is 31.6 Å². The van der Waals surface area contributed by atoms with Gasteiger partial charge in [-0.2, -0.15) is 0 Å². The summed E-state index contributed by atoms with van der Waals surface area (Å²) < 4.78 is 5.27. The molecule has 1 N–H and O–H groups in total. The fourth-order valence-corrected chi connectivity index (χ4v) is 5.40. The molecular formula is C23H24N2O4. The van der Waals surface area contributed by atoms with Crippen LogP contribution < -0.4 is 9.64 Å². The highest BCUT2D eigenvalue weighted by molar-refractivity contribution is 5.89. The smallest absolute Gasteiger partial charge is 0.407 e. The molecule has 0 saturated carbocycles. The van der Waals surface area contributed by atoms with Gasteiger partial charge in [-0.3, -0.25) is 4.79 Å². The number of carbonyl (C=O) groups excluding carboxylic acids is 1. The second-order valence-electron chi connectivity index (χ2n) is 8.13. The van der Waals surface area contributed by atoms with E-state index in [1.54, 1.807) is 18.1 Å². The van der Waals surface area contributed by atoms with E-state index in [0.29, 0.717) is 30.4 Å². The van der Waals surface area contributed by atoms with E-state index < -0.39 is 6.09 Å². The van der Waals surface area contributed by atoms with Gasteiger partial charge in [0.1, 0.15) is 5.75 Å². The van der Waals surface area contributed by atoms with Crippen LogP contribution in [0.2, 0.25) is 0 Å². The molecule has 1 fully saturated rings. The van der Waals surface area contributed by atoms with Crippen LogP contribution in [0.1, 0.15) is 40.2 Å². The molecule has 0 unspecified atom stereocenters. The SMILES string of the molecule is COc1ccc(-c2cc3c4c(c2)[C@@H]2CN(C(=O)O)CC[C@@H]2N4CCC3)c(C=O)c1. The fourth-order valence-electron chi connectivity index (χ4n) is 5.40. The maximum Gasteiger partial charge on any atom is 0.407 e. The van der Waals surface area contributed by atoms with Crippen molar-refractivity contribution in [3.63, 3.8) is 0 Å². The quantitative estimate of drug-likeness (QED) is 0.805. The van der Waals surface area contributed by atoms with Crippen molar-refractivity contribution in [1.82, 2.24) is 4.90 Å². The number of likely N-dealkylation sites (tertiary alicyclic amines) is 1. The summed E-state index contributed by atoms with van der Waals surface area (Å²) >= 11 is 0. The lowest BCUT2D eigenvalue weighted by Crippen LogP contribution is -2.48. The number of aryl methyl sites for hydroxylation is 1. The molecule has 1 amide bonds. The molecule has 2 aromatic rings. The number of amides is 1. The van der Waals surface area contributed by atoms with Crippen LogP contribution >= 0.6 is 0 Å². The van der Waals surface area contributed by atoms with Gasteiger partial charge in [0.25, 0.3) is 0 Å². The largest absolute Gasteiger partial charge is 0.497 e. The third-order valence-electron chi connectivity index (χ3n) is 6.69. The number of anilines is 1. The van der Waals surface area contributed by atoms with Gasteiger partial charge < -0.3 is 19.6 Å². The van der Waals surface area contributed by atoms with Crippen molar-refractivity contribution in [3.8, 4) is 16.9 Å². The van der Waals surface area contributed by atoms with Crippen LogP contribution in [-0.4, -0.2) is 55.2 Å². The van der Waals surface area contributed by atoms with Crippen molar-refractivity contribution in [3.05, 3.63) is 47.0 Å². The van der Waals surface area contributed by atoms with Crippen molar-refractivity contribution >= 4 is 18.1 Å². The third-order valence-corrected chi connectivity index (χ3v) is 6.69. The van der Waals surface area contributed by atoms with E-state index in [9.17, 15) is 14.7 Å². The van der Waals surface area contributed by atoms with Gasteiger partial charge in [0.15, 0.2) is 6.29 Å². The molecule has 0 aliphatic carbocycles. The number of fused-ring (bicyclic) bond motifs is 3. The van der Waals surface area contributed by atoms with Gasteiger partial charge in [-0.1, -0.05) is 0 Å². The highest BCUT2D eigenvalue weighted by Crippen LogP contribution is 2.50. The number of methoxy groups -OCH3 is 1. The second kappa shape index (κ2) is 6.79. The summed E-state index contributed by atoms with van der Waals surface area (Å²) in [7, 11) is 1.59. The van der Waals surface area contributed by atoms with E-state index >= 15 is 0 Å². The fraction of sp³-hybridized carbons (Fsp3) is 0.391. The number of ether oxygens (including phenoxy) is 1. The van der Waals surface area contributed by atoms with Gasteiger partial charge in [0.05, 0.1) is 7.11 Å². The van der Waals surface area contributed by atoms with Gasteiger partial charge in [0, 0.05) is 42.8 Å². The van der Waals surface area contributed by atoms with Crippen LogP contribution in [0.25, 0.3) is 11.1 Å². The van der Waals surface area contributed by atoms with Crippen molar-refractivity contribution in [1.29, 1.82) is 0 Å². The molecular weight excluding hydrogens is 368 g/mol. The first-order chi connectivity index (χ1) is 14.1. The number of hydrogen-bond donors (Lipinski definition) is 1. The normalized spacial score (nSPS) is 22.1.